The van der Waals surface area contributed by atoms with Gasteiger partial charge < -0.3 is 10.5 Å². The van der Waals surface area contributed by atoms with Crippen LogP contribution in [0.25, 0.3) is 6.08 Å². The zero-order valence-corrected chi connectivity index (χ0v) is 9.12. The second kappa shape index (κ2) is 5.53. The van der Waals surface area contributed by atoms with E-state index in [0.29, 0.717) is 10.6 Å². The molecular formula is C11H12ClNO2. The Balaban J connectivity index is 3.03. The maximum Gasteiger partial charge on any atom is 0.335 e. The average Bonchev–Trinajstić information content (AvgIpc) is 2.27. The molecule has 0 aromatic heterocycles. The molecule has 15 heavy (non-hydrogen) atoms. The van der Waals surface area contributed by atoms with Crippen molar-refractivity contribution in [2.24, 2.45) is 5.73 Å². The van der Waals surface area contributed by atoms with Crippen molar-refractivity contribution in [3.05, 3.63) is 40.4 Å². The number of methoxy groups -OCH3 is 1. The topological polar surface area (TPSA) is 52.3 Å². The molecule has 4 heteroatoms. The van der Waals surface area contributed by atoms with Gasteiger partial charge in [-0.05, 0) is 17.7 Å². The molecule has 0 atom stereocenters. The van der Waals surface area contributed by atoms with Crippen LogP contribution in [-0.2, 0) is 9.53 Å². The largest absolute Gasteiger partial charge is 0.466 e. The molecule has 0 saturated heterocycles. The Labute approximate surface area is 93.5 Å². The van der Waals surface area contributed by atoms with Gasteiger partial charge in [0.05, 0.1) is 12.7 Å². The first-order valence-electron chi connectivity index (χ1n) is 4.42. The average molecular weight is 226 g/mol. The second-order valence-corrected chi connectivity index (χ2v) is 3.29. The third kappa shape index (κ3) is 3.08. The molecule has 0 aliphatic heterocycles. The van der Waals surface area contributed by atoms with Gasteiger partial charge in [-0.1, -0.05) is 29.8 Å². The van der Waals surface area contributed by atoms with Gasteiger partial charge in [-0.25, -0.2) is 4.79 Å². The summed E-state index contributed by atoms with van der Waals surface area (Å²) in [6, 6.07) is 7.21. The number of nitrogens with two attached hydrogens (primary N) is 1. The summed E-state index contributed by atoms with van der Waals surface area (Å²) in [6.45, 7) is 0.123. The zero-order valence-electron chi connectivity index (χ0n) is 8.37. The molecule has 1 aromatic rings. The minimum Gasteiger partial charge on any atom is -0.466 e. The molecule has 1 aromatic carbocycles. The lowest BCUT2D eigenvalue weighted by Crippen LogP contribution is -2.14. The maximum atomic E-state index is 11.2. The minimum atomic E-state index is -0.433. The van der Waals surface area contributed by atoms with E-state index in [1.165, 1.54) is 7.11 Å². The number of hydrogen-bond donors (Lipinski definition) is 1. The highest BCUT2D eigenvalue weighted by molar-refractivity contribution is 6.32. The number of benzene rings is 1. The molecule has 80 valence electrons. The van der Waals surface area contributed by atoms with E-state index in [-0.39, 0.29) is 6.54 Å². The Kier molecular flexibility index (Phi) is 4.34. The van der Waals surface area contributed by atoms with Crippen LogP contribution in [0, 0.1) is 0 Å². The van der Waals surface area contributed by atoms with Crippen LogP contribution in [0.3, 0.4) is 0 Å². The van der Waals surface area contributed by atoms with Crippen LogP contribution in [0.1, 0.15) is 5.56 Å². The molecule has 0 radical (unpaired) electrons. The van der Waals surface area contributed by atoms with Crippen LogP contribution in [0.4, 0.5) is 0 Å². The highest BCUT2D eigenvalue weighted by atomic mass is 35.5. The van der Waals surface area contributed by atoms with E-state index < -0.39 is 5.97 Å². The van der Waals surface area contributed by atoms with Gasteiger partial charge in [0.25, 0.3) is 0 Å². The lowest BCUT2D eigenvalue weighted by Gasteiger charge is -2.03. The van der Waals surface area contributed by atoms with Crippen LogP contribution in [-0.4, -0.2) is 19.6 Å². The van der Waals surface area contributed by atoms with Gasteiger partial charge in [-0.3, -0.25) is 0 Å². The van der Waals surface area contributed by atoms with Gasteiger partial charge in [0.1, 0.15) is 0 Å². The Morgan fingerprint density at radius 1 is 1.53 bits per heavy atom. The fraction of sp³-hybridized carbons (Fsp3) is 0.182. The molecule has 0 aliphatic carbocycles. The fourth-order valence-corrected chi connectivity index (χ4v) is 1.30. The summed E-state index contributed by atoms with van der Waals surface area (Å²) >= 11 is 5.94. The third-order valence-corrected chi connectivity index (χ3v) is 2.25. The van der Waals surface area contributed by atoms with Crippen LogP contribution < -0.4 is 5.73 Å². The standard InChI is InChI=1S/C11H12ClNO2/c1-15-11(14)9(7-13)6-8-4-2-3-5-10(8)12/h2-6H,7,13H2,1H3/b9-6+. The van der Waals surface area contributed by atoms with Gasteiger partial charge in [-0.2, -0.15) is 0 Å². The molecule has 1 rings (SSSR count). The summed E-state index contributed by atoms with van der Waals surface area (Å²) in [6.07, 6.45) is 1.63. The van der Waals surface area contributed by atoms with Crippen molar-refractivity contribution in [3.63, 3.8) is 0 Å². The van der Waals surface area contributed by atoms with Crippen molar-refractivity contribution in [2.45, 2.75) is 0 Å². The van der Waals surface area contributed by atoms with Crippen molar-refractivity contribution < 1.29 is 9.53 Å². The van der Waals surface area contributed by atoms with Crippen molar-refractivity contribution in [3.8, 4) is 0 Å². The van der Waals surface area contributed by atoms with E-state index in [9.17, 15) is 4.79 Å². The van der Waals surface area contributed by atoms with Crippen LogP contribution in [0.2, 0.25) is 5.02 Å². The number of carbonyl (C=O) groups is 1. The quantitative estimate of drug-likeness (QED) is 0.631. The van der Waals surface area contributed by atoms with E-state index in [1.807, 2.05) is 12.1 Å². The molecule has 0 bridgehead atoms. The van der Waals surface area contributed by atoms with Crippen molar-refractivity contribution in [2.75, 3.05) is 13.7 Å². The molecule has 0 amide bonds. The normalized spacial score (nSPS) is 11.3. The molecule has 0 spiro atoms. The molecule has 0 unspecified atom stereocenters. The first-order valence-corrected chi connectivity index (χ1v) is 4.80. The van der Waals surface area contributed by atoms with Gasteiger partial charge in [0, 0.05) is 11.6 Å². The summed E-state index contributed by atoms with van der Waals surface area (Å²) in [5.41, 5.74) is 6.58. The summed E-state index contributed by atoms with van der Waals surface area (Å²) in [5.74, 6) is -0.433. The summed E-state index contributed by atoms with van der Waals surface area (Å²) < 4.78 is 4.59. The number of rotatable bonds is 3. The van der Waals surface area contributed by atoms with Crippen LogP contribution in [0.5, 0.6) is 0 Å². The lowest BCUT2D eigenvalue weighted by atomic mass is 10.1. The SMILES string of the molecule is COC(=O)/C(=C/c1ccccc1Cl)CN. The highest BCUT2D eigenvalue weighted by Crippen LogP contribution is 2.18. The van der Waals surface area contributed by atoms with Crippen molar-refractivity contribution >= 4 is 23.6 Å². The minimum absolute atomic E-state index is 0.123. The Morgan fingerprint density at radius 2 is 2.20 bits per heavy atom. The van der Waals surface area contributed by atoms with Crippen molar-refractivity contribution in [1.29, 1.82) is 0 Å². The molecule has 3 nitrogen and oxygen atoms in total. The monoisotopic (exact) mass is 225 g/mol. The first-order chi connectivity index (χ1) is 7.19. The molecule has 2 N–H and O–H groups in total. The fourth-order valence-electron chi connectivity index (χ4n) is 1.11. The number of hydrogen-bond acceptors (Lipinski definition) is 3. The Hall–Kier alpha value is -1.32. The van der Waals surface area contributed by atoms with E-state index >= 15 is 0 Å². The number of carbonyl (C=O) groups excluding carboxylic acids is 1. The molecule has 0 fully saturated rings. The number of halogens is 1. The predicted molar refractivity (Wildman–Crippen MR) is 60.5 cm³/mol. The van der Waals surface area contributed by atoms with Gasteiger partial charge in [0.15, 0.2) is 0 Å². The summed E-state index contributed by atoms with van der Waals surface area (Å²) in [7, 11) is 1.32. The predicted octanol–water partition coefficient (Wildman–Crippen LogP) is 1.86. The summed E-state index contributed by atoms with van der Waals surface area (Å²) in [5, 5.41) is 0.576. The summed E-state index contributed by atoms with van der Waals surface area (Å²) in [4.78, 5) is 11.2. The van der Waals surface area contributed by atoms with Gasteiger partial charge in [0.2, 0.25) is 0 Å². The lowest BCUT2D eigenvalue weighted by molar-refractivity contribution is -0.136. The smallest absolute Gasteiger partial charge is 0.335 e. The second-order valence-electron chi connectivity index (χ2n) is 2.89. The maximum absolute atomic E-state index is 11.2. The molecule has 0 aliphatic rings. The molecule has 0 saturated carbocycles. The van der Waals surface area contributed by atoms with E-state index in [0.717, 1.165) is 5.56 Å². The Morgan fingerprint density at radius 3 is 2.73 bits per heavy atom. The van der Waals surface area contributed by atoms with Crippen molar-refractivity contribution in [1.82, 2.24) is 0 Å². The number of ether oxygens (including phenoxy) is 1. The van der Waals surface area contributed by atoms with E-state index in [4.69, 9.17) is 17.3 Å². The van der Waals surface area contributed by atoms with Gasteiger partial charge >= 0.3 is 5.97 Å². The number of esters is 1. The molecule has 0 heterocycles. The highest BCUT2D eigenvalue weighted by Gasteiger charge is 2.07. The van der Waals surface area contributed by atoms with Crippen LogP contribution >= 0.6 is 11.6 Å². The third-order valence-electron chi connectivity index (χ3n) is 1.90. The first kappa shape index (κ1) is 11.8. The Bertz CT molecular complexity index is 388. The van der Waals surface area contributed by atoms with E-state index in [2.05, 4.69) is 4.74 Å². The van der Waals surface area contributed by atoms with Gasteiger partial charge in [-0.15, -0.1) is 0 Å². The zero-order chi connectivity index (χ0) is 11.3. The molecular weight excluding hydrogens is 214 g/mol. The van der Waals surface area contributed by atoms with Crippen LogP contribution in [0.15, 0.2) is 29.8 Å². The van der Waals surface area contributed by atoms with E-state index in [1.54, 1.807) is 18.2 Å².